The minimum Gasteiger partial charge on any atom is -0.391 e. The number of phosphoric acid groups is 1. The molecule has 3 N–H and O–H groups in total. The lowest BCUT2D eigenvalue weighted by Crippen LogP contribution is -2.46. The number of amides is 1. The number of carbonyl (C=O) groups is 1. The summed E-state index contributed by atoms with van der Waals surface area (Å²) in [4.78, 5) is 23.5. The summed E-state index contributed by atoms with van der Waals surface area (Å²) in [5, 5.41) is 14.2. The number of unbranched alkanes of at least 4 members (excludes halogenated alkanes) is 50. The summed E-state index contributed by atoms with van der Waals surface area (Å²) < 4.78 is 23.9. The molecule has 0 rings (SSSR count). The Hall–Kier alpha value is -1.02. The number of nitrogens with zero attached hydrogens (tertiary/aromatic N) is 1. The third-order valence-corrected chi connectivity index (χ3v) is 17.7. The van der Waals surface area contributed by atoms with Crippen molar-refractivity contribution in [1.29, 1.82) is 0 Å². The first-order chi connectivity index (χ1) is 39.0. The molecule has 8 nitrogen and oxygen atoms in total. The molecule has 0 fully saturated rings. The van der Waals surface area contributed by atoms with Gasteiger partial charge in [-0.3, -0.25) is 13.8 Å². The Kier molecular flexibility index (Phi) is 61.7. The van der Waals surface area contributed by atoms with Crippen LogP contribution >= 0.6 is 7.82 Å². The van der Waals surface area contributed by atoms with Gasteiger partial charge in [0.15, 0.2) is 0 Å². The van der Waals surface area contributed by atoms with Crippen molar-refractivity contribution in [1.82, 2.24) is 5.32 Å². The van der Waals surface area contributed by atoms with Crippen LogP contribution in [-0.4, -0.2) is 73.4 Å². The molecule has 0 saturated carbocycles. The van der Waals surface area contributed by atoms with Crippen LogP contribution in [0.4, 0.5) is 0 Å². The largest absolute Gasteiger partial charge is 0.472 e. The number of aliphatic hydroxyl groups excluding tert-OH is 1. The molecule has 0 aromatic carbocycles. The number of quaternary nitrogens is 1. The highest BCUT2D eigenvalue weighted by molar-refractivity contribution is 7.47. The second kappa shape index (κ2) is 62.5. The Bertz CT molecular complexity index is 1350. The quantitative estimate of drug-likeness (QED) is 0.0243. The number of allylic oxidation sites excluding steroid dienone is 4. The zero-order chi connectivity index (χ0) is 58.4. The first-order valence-electron chi connectivity index (χ1n) is 35.7. The van der Waals surface area contributed by atoms with E-state index in [1.807, 2.05) is 21.1 Å². The number of carbonyl (C=O) groups excluding carboxylic acids is 1. The standard InChI is InChI=1S/C71H141N2O6P/c1-6-8-10-12-14-16-18-20-22-24-26-28-30-31-32-33-34-35-36-37-38-39-40-41-43-45-47-49-51-53-55-57-59-61-63-65-71(75)72-69(68-79-80(76,77)78-67-66-73(3,4)5)70(74)64-62-60-58-56-54-52-50-48-46-44-42-29-27-25-23-21-19-17-15-13-11-9-7-2/h18,20,24,26,69-70,74H,6-17,19,21-23,25,27-68H2,1-5H3,(H-,72,75,76,77)/p+1/b20-18-,26-24-. The summed E-state index contributed by atoms with van der Waals surface area (Å²) >= 11 is 0. The van der Waals surface area contributed by atoms with Gasteiger partial charge in [0.1, 0.15) is 13.2 Å². The van der Waals surface area contributed by atoms with E-state index in [0.717, 1.165) is 44.9 Å². The number of hydrogen-bond acceptors (Lipinski definition) is 5. The van der Waals surface area contributed by atoms with Gasteiger partial charge in [-0.05, 0) is 44.9 Å². The first-order valence-corrected chi connectivity index (χ1v) is 37.2. The second-order valence-electron chi connectivity index (χ2n) is 26.0. The highest BCUT2D eigenvalue weighted by Gasteiger charge is 2.28. The van der Waals surface area contributed by atoms with Gasteiger partial charge in [-0.15, -0.1) is 0 Å². The van der Waals surface area contributed by atoms with Crippen LogP contribution in [0.3, 0.4) is 0 Å². The van der Waals surface area contributed by atoms with Crippen molar-refractivity contribution in [2.24, 2.45) is 0 Å². The maximum Gasteiger partial charge on any atom is 0.472 e. The van der Waals surface area contributed by atoms with Crippen LogP contribution < -0.4 is 5.32 Å². The van der Waals surface area contributed by atoms with Crippen molar-refractivity contribution in [3.63, 3.8) is 0 Å². The van der Waals surface area contributed by atoms with Gasteiger partial charge >= 0.3 is 7.82 Å². The molecule has 0 aromatic rings. The minimum absolute atomic E-state index is 0.0779. The molecule has 0 bridgehead atoms. The zero-order valence-electron chi connectivity index (χ0n) is 54.6. The van der Waals surface area contributed by atoms with Crippen LogP contribution in [0.2, 0.25) is 0 Å². The van der Waals surface area contributed by atoms with E-state index in [2.05, 4.69) is 43.5 Å². The summed E-state index contributed by atoms with van der Waals surface area (Å²) in [6, 6.07) is -0.759. The maximum absolute atomic E-state index is 13.1. The van der Waals surface area contributed by atoms with Gasteiger partial charge in [-0.1, -0.05) is 346 Å². The average molecular weight is 1150 g/mol. The second-order valence-corrected chi connectivity index (χ2v) is 27.4. The van der Waals surface area contributed by atoms with Crippen molar-refractivity contribution < 1.29 is 32.9 Å². The van der Waals surface area contributed by atoms with Gasteiger partial charge < -0.3 is 19.8 Å². The van der Waals surface area contributed by atoms with E-state index < -0.39 is 20.0 Å². The van der Waals surface area contributed by atoms with E-state index >= 15 is 0 Å². The Morgan fingerprint density at radius 1 is 0.425 bits per heavy atom. The van der Waals surface area contributed by atoms with E-state index in [0.29, 0.717) is 23.9 Å². The minimum atomic E-state index is -4.33. The van der Waals surface area contributed by atoms with Crippen LogP contribution in [0.25, 0.3) is 0 Å². The fraction of sp³-hybridized carbons (Fsp3) is 0.930. The third-order valence-electron chi connectivity index (χ3n) is 16.7. The van der Waals surface area contributed by atoms with Gasteiger partial charge in [0, 0.05) is 6.42 Å². The number of aliphatic hydroxyl groups is 1. The molecular formula is C71H142N2O6P+. The van der Waals surface area contributed by atoms with Gasteiger partial charge in [-0.2, -0.15) is 0 Å². The molecule has 0 heterocycles. The van der Waals surface area contributed by atoms with E-state index in [1.54, 1.807) is 0 Å². The monoisotopic (exact) mass is 1150 g/mol. The van der Waals surface area contributed by atoms with Crippen LogP contribution in [0.15, 0.2) is 24.3 Å². The molecule has 1 amide bonds. The van der Waals surface area contributed by atoms with Crippen LogP contribution in [0, 0.1) is 0 Å². The van der Waals surface area contributed by atoms with Crippen LogP contribution in [0.1, 0.15) is 373 Å². The normalized spacial score (nSPS) is 13.7. The summed E-state index contributed by atoms with van der Waals surface area (Å²) in [7, 11) is 1.64. The molecule has 476 valence electrons. The van der Waals surface area contributed by atoms with Gasteiger partial charge in [0.2, 0.25) is 5.91 Å². The number of nitrogens with one attached hydrogen (secondary N) is 1. The molecule has 0 saturated heterocycles. The first kappa shape index (κ1) is 79.0. The van der Waals surface area contributed by atoms with E-state index in [-0.39, 0.29) is 19.1 Å². The Morgan fingerprint density at radius 2 is 0.713 bits per heavy atom. The number of likely N-dealkylation sites (N-methyl/N-ethyl adjacent to an activating group) is 1. The predicted molar refractivity (Wildman–Crippen MR) is 351 cm³/mol. The number of phosphoric ester groups is 1. The third kappa shape index (κ3) is 64.5. The lowest BCUT2D eigenvalue weighted by molar-refractivity contribution is -0.870. The number of rotatable bonds is 67. The molecule has 0 aliphatic rings. The maximum atomic E-state index is 13.1. The molecule has 3 unspecified atom stereocenters. The van der Waals surface area contributed by atoms with Crippen molar-refractivity contribution in [3.8, 4) is 0 Å². The van der Waals surface area contributed by atoms with Gasteiger partial charge in [0.25, 0.3) is 0 Å². The molecule has 0 aromatic heterocycles. The molecule has 3 atom stereocenters. The molecular weight excluding hydrogens is 1010 g/mol. The lowest BCUT2D eigenvalue weighted by atomic mass is 10.0. The van der Waals surface area contributed by atoms with Crippen LogP contribution in [0.5, 0.6) is 0 Å². The van der Waals surface area contributed by atoms with Crippen LogP contribution in [-0.2, 0) is 18.4 Å². The number of hydrogen-bond donors (Lipinski definition) is 3. The smallest absolute Gasteiger partial charge is 0.391 e. The van der Waals surface area contributed by atoms with E-state index in [4.69, 9.17) is 9.05 Å². The Balaban J connectivity index is 3.95. The summed E-state index contributed by atoms with van der Waals surface area (Å²) in [6.45, 7) is 4.94. The van der Waals surface area contributed by atoms with E-state index in [1.165, 1.54) is 302 Å². The Morgan fingerprint density at radius 3 is 1.02 bits per heavy atom. The molecule has 0 radical (unpaired) electrons. The highest BCUT2D eigenvalue weighted by Crippen LogP contribution is 2.43. The molecule has 80 heavy (non-hydrogen) atoms. The fourth-order valence-electron chi connectivity index (χ4n) is 11.1. The zero-order valence-corrected chi connectivity index (χ0v) is 55.5. The molecule has 0 aliphatic heterocycles. The highest BCUT2D eigenvalue weighted by atomic mass is 31.2. The fourth-order valence-corrected chi connectivity index (χ4v) is 11.9. The van der Waals surface area contributed by atoms with Crippen molar-refractivity contribution in [2.75, 3.05) is 40.9 Å². The topological polar surface area (TPSA) is 105 Å². The molecule has 0 aliphatic carbocycles. The molecule has 9 heteroatoms. The van der Waals surface area contributed by atoms with Crippen molar-refractivity contribution in [2.45, 2.75) is 386 Å². The van der Waals surface area contributed by atoms with E-state index in [9.17, 15) is 19.4 Å². The summed E-state index contributed by atoms with van der Waals surface area (Å²) in [5.74, 6) is -0.135. The molecule has 0 spiro atoms. The van der Waals surface area contributed by atoms with Crippen molar-refractivity contribution in [3.05, 3.63) is 24.3 Å². The lowest BCUT2D eigenvalue weighted by Gasteiger charge is -2.26. The Labute approximate surface area is 500 Å². The van der Waals surface area contributed by atoms with Gasteiger partial charge in [-0.25, -0.2) is 4.57 Å². The van der Waals surface area contributed by atoms with Gasteiger partial charge in [0.05, 0.1) is 39.9 Å². The summed E-state index contributed by atoms with van der Waals surface area (Å²) in [5.41, 5.74) is 0. The average Bonchev–Trinajstić information content (AvgIpc) is 3.42. The summed E-state index contributed by atoms with van der Waals surface area (Å²) in [6.07, 6.45) is 81.4. The predicted octanol–water partition coefficient (Wildman–Crippen LogP) is 22.7. The SMILES string of the molecule is CCCCCCC/C=C\C/C=C\CCCCCCCCCCCCCCCCCCCCCCCCCC(=O)NC(COP(=O)(O)OCC[N+](C)(C)C)C(O)CCCCCCCCCCCCCCCCCCCCCCCCC. The van der Waals surface area contributed by atoms with Crippen molar-refractivity contribution >= 4 is 13.7 Å².